The average molecular weight is 305 g/mol. The van der Waals surface area contributed by atoms with Crippen LogP contribution in [0, 0.1) is 0 Å². The number of hydrogen-bond acceptors (Lipinski definition) is 5. The number of benzene rings is 1. The Morgan fingerprint density at radius 3 is 2.70 bits per heavy atom. The van der Waals surface area contributed by atoms with Crippen molar-refractivity contribution in [3.63, 3.8) is 0 Å². The summed E-state index contributed by atoms with van der Waals surface area (Å²) in [5.74, 6) is 1.10. The molecule has 2 heterocycles. The van der Waals surface area contributed by atoms with Gasteiger partial charge in [-0.25, -0.2) is 9.97 Å². The lowest BCUT2D eigenvalue weighted by atomic mass is 10.2. The first-order chi connectivity index (χ1) is 9.63. The predicted octanol–water partition coefficient (Wildman–Crippen LogP) is 4.61. The van der Waals surface area contributed by atoms with Gasteiger partial charge in [0.15, 0.2) is 5.13 Å². The maximum absolute atomic E-state index is 5.97. The molecule has 0 unspecified atom stereocenters. The molecule has 0 bridgehead atoms. The first kappa shape index (κ1) is 13.3. The van der Waals surface area contributed by atoms with Crippen LogP contribution >= 0.6 is 22.9 Å². The van der Waals surface area contributed by atoms with Crippen LogP contribution in [0.3, 0.4) is 0 Å². The summed E-state index contributed by atoms with van der Waals surface area (Å²) >= 11 is 7.53. The number of nitrogens with one attached hydrogen (secondary N) is 1. The molecule has 0 aliphatic heterocycles. The summed E-state index contributed by atoms with van der Waals surface area (Å²) in [5.41, 5.74) is 1.89. The van der Waals surface area contributed by atoms with E-state index in [4.69, 9.17) is 11.6 Å². The van der Waals surface area contributed by atoms with E-state index in [9.17, 15) is 0 Å². The molecule has 0 fully saturated rings. The Morgan fingerprint density at radius 1 is 1.15 bits per heavy atom. The Labute approximate surface area is 125 Å². The minimum Gasteiger partial charge on any atom is -0.316 e. The zero-order chi connectivity index (χ0) is 14.1. The molecular formula is C14H13ClN4S. The van der Waals surface area contributed by atoms with Crippen LogP contribution in [0.4, 0.5) is 10.9 Å². The van der Waals surface area contributed by atoms with Crippen LogP contribution in [0.25, 0.3) is 10.9 Å². The van der Waals surface area contributed by atoms with Crippen molar-refractivity contribution in [2.75, 3.05) is 5.32 Å². The van der Waals surface area contributed by atoms with Crippen LogP contribution in [0.5, 0.6) is 0 Å². The van der Waals surface area contributed by atoms with E-state index in [1.807, 2.05) is 24.3 Å². The number of halogens is 1. The van der Waals surface area contributed by atoms with E-state index in [-0.39, 0.29) is 5.28 Å². The van der Waals surface area contributed by atoms with Crippen LogP contribution in [0.1, 0.15) is 25.5 Å². The van der Waals surface area contributed by atoms with Gasteiger partial charge in [-0.3, -0.25) is 0 Å². The minimum absolute atomic E-state index is 0.229. The number of rotatable bonds is 3. The third-order valence-electron chi connectivity index (χ3n) is 2.91. The molecule has 0 radical (unpaired) electrons. The Hall–Kier alpha value is -1.72. The van der Waals surface area contributed by atoms with Crippen molar-refractivity contribution in [1.29, 1.82) is 0 Å². The lowest BCUT2D eigenvalue weighted by Crippen LogP contribution is -1.97. The molecule has 1 N–H and O–H groups in total. The summed E-state index contributed by atoms with van der Waals surface area (Å²) < 4.78 is 0. The Bertz CT molecular complexity index is 754. The molecule has 4 nitrogen and oxygen atoms in total. The van der Waals surface area contributed by atoms with Crippen molar-refractivity contribution in [2.24, 2.45) is 0 Å². The number of fused-ring (bicyclic) bond motifs is 1. The first-order valence-electron chi connectivity index (χ1n) is 6.28. The van der Waals surface area contributed by atoms with Crippen molar-refractivity contribution in [1.82, 2.24) is 15.0 Å². The topological polar surface area (TPSA) is 50.7 Å². The van der Waals surface area contributed by atoms with E-state index in [1.54, 1.807) is 11.3 Å². The van der Waals surface area contributed by atoms with E-state index < -0.39 is 0 Å². The molecule has 1 aromatic carbocycles. The van der Waals surface area contributed by atoms with Gasteiger partial charge in [-0.2, -0.15) is 4.98 Å². The highest BCUT2D eigenvalue weighted by molar-refractivity contribution is 7.13. The van der Waals surface area contributed by atoms with Crippen LogP contribution < -0.4 is 5.32 Å². The summed E-state index contributed by atoms with van der Waals surface area (Å²) in [6.45, 7) is 4.24. The zero-order valence-corrected chi connectivity index (χ0v) is 12.7. The number of hydrogen-bond donors (Lipinski definition) is 1. The van der Waals surface area contributed by atoms with E-state index in [0.717, 1.165) is 21.7 Å². The number of para-hydroxylation sites is 1. The molecule has 0 aliphatic rings. The fraction of sp³-hybridized carbons (Fsp3) is 0.214. The molecule has 102 valence electrons. The van der Waals surface area contributed by atoms with Crippen LogP contribution in [-0.2, 0) is 0 Å². The van der Waals surface area contributed by atoms with Crippen molar-refractivity contribution in [3.8, 4) is 0 Å². The molecule has 0 amide bonds. The Morgan fingerprint density at radius 2 is 1.95 bits per heavy atom. The van der Waals surface area contributed by atoms with Crippen LogP contribution in [0.2, 0.25) is 5.28 Å². The SMILES string of the molecule is CC(C)c1csc(Nc2nc(Cl)nc3ccccc23)n1. The van der Waals surface area contributed by atoms with E-state index >= 15 is 0 Å². The van der Waals surface area contributed by atoms with Crippen molar-refractivity contribution < 1.29 is 0 Å². The number of anilines is 2. The van der Waals surface area contributed by atoms with Crippen molar-refractivity contribution in [3.05, 3.63) is 40.6 Å². The normalized spacial score (nSPS) is 11.2. The maximum atomic E-state index is 5.97. The molecule has 3 aromatic rings. The third kappa shape index (κ3) is 2.59. The standard InChI is InChI=1S/C14H13ClN4S/c1-8(2)11-7-20-14(17-11)19-12-9-5-3-4-6-10(9)16-13(15)18-12/h3-8H,1-2H3,(H,16,17,18,19). The van der Waals surface area contributed by atoms with Gasteiger partial charge in [0.05, 0.1) is 11.2 Å². The molecule has 0 atom stereocenters. The minimum atomic E-state index is 0.229. The highest BCUT2D eigenvalue weighted by Crippen LogP contribution is 2.28. The average Bonchev–Trinajstić information content (AvgIpc) is 2.87. The molecule has 20 heavy (non-hydrogen) atoms. The smallest absolute Gasteiger partial charge is 0.224 e. The molecule has 0 spiro atoms. The highest BCUT2D eigenvalue weighted by atomic mass is 35.5. The second-order valence-corrected chi connectivity index (χ2v) is 5.91. The van der Waals surface area contributed by atoms with E-state index in [0.29, 0.717) is 11.7 Å². The molecule has 2 aromatic heterocycles. The lowest BCUT2D eigenvalue weighted by molar-refractivity contribution is 0.834. The monoisotopic (exact) mass is 304 g/mol. The van der Waals surface area contributed by atoms with Gasteiger partial charge in [0.1, 0.15) is 5.82 Å². The predicted molar refractivity (Wildman–Crippen MR) is 84.0 cm³/mol. The fourth-order valence-corrected chi connectivity index (χ4v) is 2.90. The maximum Gasteiger partial charge on any atom is 0.224 e. The summed E-state index contributed by atoms with van der Waals surface area (Å²) in [4.78, 5) is 13.0. The summed E-state index contributed by atoms with van der Waals surface area (Å²) in [5, 5.41) is 7.26. The molecular weight excluding hydrogens is 292 g/mol. The van der Waals surface area contributed by atoms with Crippen molar-refractivity contribution in [2.45, 2.75) is 19.8 Å². The van der Waals surface area contributed by atoms with Gasteiger partial charge in [-0.1, -0.05) is 26.0 Å². The lowest BCUT2D eigenvalue weighted by Gasteiger charge is -2.06. The molecule has 0 aliphatic carbocycles. The Balaban J connectivity index is 2.01. The molecule has 0 saturated carbocycles. The van der Waals surface area contributed by atoms with Gasteiger partial charge in [0.2, 0.25) is 5.28 Å². The van der Waals surface area contributed by atoms with Gasteiger partial charge in [0.25, 0.3) is 0 Å². The summed E-state index contributed by atoms with van der Waals surface area (Å²) in [6.07, 6.45) is 0. The van der Waals surface area contributed by atoms with Crippen LogP contribution in [0.15, 0.2) is 29.6 Å². The first-order valence-corrected chi connectivity index (χ1v) is 7.54. The zero-order valence-electron chi connectivity index (χ0n) is 11.1. The van der Waals surface area contributed by atoms with Gasteiger partial charge in [-0.15, -0.1) is 11.3 Å². The van der Waals surface area contributed by atoms with Gasteiger partial charge < -0.3 is 5.32 Å². The summed E-state index contributed by atoms with van der Waals surface area (Å²) in [7, 11) is 0. The second-order valence-electron chi connectivity index (χ2n) is 4.72. The number of nitrogens with zero attached hydrogens (tertiary/aromatic N) is 3. The van der Waals surface area contributed by atoms with Gasteiger partial charge in [-0.05, 0) is 29.7 Å². The molecule has 6 heteroatoms. The molecule has 3 rings (SSSR count). The van der Waals surface area contributed by atoms with Crippen molar-refractivity contribution >= 4 is 44.8 Å². The fourth-order valence-electron chi connectivity index (χ4n) is 1.85. The molecule has 0 saturated heterocycles. The number of aromatic nitrogens is 3. The van der Waals surface area contributed by atoms with E-state index in [1.165, 1.54) is 0 Å². The number of thiazole rings is 1. The second kappa shape index (κ2) is 5.34. The van der Waals surface area contributed by atoms with Gasteiger partial charge in [0, 0.05) is 10.8 Å². The van der Waals surface area contributed by atoms with Gasteiger partial charge >= 0.3 is 0 Å². The quantitative estimate of drug-likeness (QED) is 0.718. The Kier molecular flexibility index (Phi) is 3.54. The van der Waals surface area contributed by atoms with E-state index in [2.05, 4.69) is 39.5 Å². The highest BCUT2D eigenvalue weighted by Gasteiger charge is 2.10. The largest absolute Gasteiger partial charge is 0.316 e. The summed E-state index contributed by atoms with van der Waals surface area (Å²) in [6, 6.07) is 7.75. The third-order valence-corrected chi connectivity index (χ3v) is 3.86. The van der Waals surface area contributed by atoms with Crippen LogP contribution in [-0.4, -0.2) is 15.0 Å².